The minimum atomic E-state index is -0.218. The van der Waals surface area contributed by atoms with Crippen molar-refractivity contribution < 1.29 is 13.9 Å². The third-order valence-electron chi connectivity index (χ3n) is 4.94. The largest absolute Gasteiger partial charge is 0.493 e. The highest BCUT2D eigenvalue weighted by Gasteiger charge is 2.20. The lowest BCUT2D eigenvalue weighted by Gasteiger charge is -2.29. The zero-order valence-electron chi connectivity index (χ0n) is 15.0. The van der Waals surface area contributed by atoms with Crippen molar-refractivity contribution in [1.82, 2.24) is 9.88 Å². The third-order valence-corrected chi connectivity index (χ3v) is 4.94. The van der Waals surface area contributed by atoms with E-state index in [-0.39, 0.29) is 5.82 Å². The molecule has 0 aliphatic carbocycles. The van der Waals surface area contributed by atoms with Crippen LogP contribution in [0.5, 0.6) is 11.5 Å². The lowest BCUT2D eigenvalue weighted by Crippen LogP contribution is -2.30. The van der Waals surface area contributed by atoms with Gasteiger partial charge in [-0.15, -0.1) is 0 Å². The van der Waals surface area contributed by atoms with Crippen LogP contribution in [-0.2, 0) is 19.5 Å². The van der Waals surface area contributed by atoms with Gasteiger partial charge in [0, 0.05) is 31.2 Å². The first kappa shape index (κ1) is 16.8. The van der Waals surface area contributed by atoms with E-state index in [1.165, 1.54) is 17.2 Å². The lowest BCUT2D eigenvalue weighted by atomic mass is 9.98. The Bertz CT molecular complexity index is 958. The monoisotopic (exact) mass is 352 g/mol. The highest BCUT2D eigenvalue weighted by atomic mass is 19.1. The van der Waals surface area contributed by atoms with E-state index in [0.717, 1.165) is 47.5 Å². The fourth-order valence-corrected chi connectivity index (χ4v) is 3.67. The van der Waals surface area contributed by atoms with Gasteiger partial charge in [-0.25, -0.2) is 4.39 Å². The molecule has 0 amide bonds. The molecule has 0 spiro atoms. The Morgan fingerprint density at radius 2 is 1.85 bits per heavy atom. The molecule has 26 heavy (non-hydrogen) atoms. The topological polar surface area (TPSA) is 34.6 Å². The van der Waals surface area contributed by atoms with Gasteiger partial charge in [-0.1, -0.05) is 6.07 Å². The van der Waals surface area contributed by atoms with E-state index in [2.05, 4.69) is 16.0 Å². The average Bonchev–Trinajstić information content (AvgIpc) is 2.66. The number of pyridine rings is 1. The van der Waals surface area contributed by atoms with Crippen molar-refractivity contribution in [2.75, 3.05) is 20.8 Å². The number of nitrogens with zero attached hydrogens (tertiary/aromatic N) is 2. The fraction of sp³-hybridized carbons (Fsp3) is 0.286. The van der Waals surface area contributed by atoms with Crippen LogP contribution >= 0.6 is 0 Å². The maximum atomic E-state index is 14.0. The maximum absolute atomic E-state index is 14.0. The molecule has 134 valence electrons. The highest BCUT2D eigenvalue weighted by Crippen LogP contribution is 2.33. The molecule has 3 aromatic rings. The van der Waals surface area contributed by atoms with Crippen LogP contribution in [0.3, 0.4) is 0 Å². The first-order valence-electron chi connectivity index (χ1n) is 8.67. The Balaban J connectivity index is 1.62. The van der Waals surface area contributed by atoms with Crippen LogP contribution in [0, 0.1) is 5.82 Å². The third kappa shape index (κ3) is 3.10. The number of hydrogen-bond acceptors (Lipinski definition) is 4. The molecule has 1 aromatic heterocycles. The van der Waals surface area contributed by atoms with Crippen LogP contribution in [0.15, 0.2) is 42.6 Å². The number of methoxy groups -OCH3 is 2. The quantitative estimate of drug-likeness (QED) is 0.712. The summed E-state index contributed by atoms with van der Waals surface area (Å²) < 4.78 is 24.8. The van der Waals surface area contributed by atoms with E-state index in [9.17, 15) is 4.39 Å². The van der Waals surface area contributed by atoms with E-state index in [4.69, 9.17) is 9.47 Å². The summed E-state index contributed by atoms with van der Waals surface area (Å²) >= 11 is 0. The number of benzene rings is 2. The van der Waals surface area contributed by atoms with Crippen LogP contribution < -0.4 is 9.47 Å². The molecule has 0 fully saturated rings. The van der Waals surface area contributed by atoms with Gasteiger partial charge in [0.1, 0.15) is 5.82 Å². The van der Waals surface area contributed by atoms with Crippen LogP contribution in [-0.4, -0.2) is 30.6 Å². The van der Waals surface area contributed by atoms with Gasteiger partial charge in [-0.05, 0) is 53.4 Å². The second kappa shape index (κ2) is 6.92. The molecular weight excluding hydrogens is 331 g/mol. The number of halogens is 1. The van der Waals surface area contributed by atoms with Gasteiger partial charge < -0.3 is 9.47 Å². The van der Waals surface area contributed by atoms with Crippen molar-refractivity contribution in [2.45, 2.75) is 19.5 Å². The van der Waals surface area contributed by atoms with Crippen LogP contribution in [0.1, 0.15) is 16.7 Å². The number of aromatic nitrogens is 1. The molecule has 0 unspecified atom stereocenters. The van der Waals surface area contributed by atoms with Crippen molar-refractivity contribution in [2.24, 2.45) is 0 Å². The molecule has 2 aromatic carbocycles. The molecule has 1 aliphatic rings. The van der Waals surface area contributed by atoms with E-state index >= 15 is 0 Å². The van der Waals surface area contributed by atoms with E-state index in [0.29, 0.717) is 6.54 Å². The van der Waals surface area contributed by atoms with Crippen molar-refractivity contribution >= 4 is 10.9 Å². The summed E-state index contributed by atoms with van der Waals surface area (Å²) in [7, 11) is 3.30. The van der Waals surface area contributed by atoms with E-state index in [1.807, 2.05) is 18.2 Å². The summed E-state index contributed by atoms with van der Waals surface area (Å²) in [5.74, 6) is 1.29. The van der Waals surface area contributed by atoms with Crippen LogP contribution in [0.25, 0.3) is 10.9 Å². The minimum Gasteiger partial charge on any atom is -0.493 e. The van der Waals surface area contributed by atoms with Gasteiger partial charge in [-0.2, -0.15) is 0 Å². The van der Waals surface area contributed by atoms with Crippen molar-refractivity contribution in [3.63, 3.8) is 0 Å². The SMILES string of the molecule is COc1cc2c(cc1OC)CN(Cc1cc(F)cc3cccnc13)CC2. The summed E-state index contributed by atoms with van der Waals surface area (Å²) in [6, 6.07) is 11.0. The van der Waals surface area contributed by atoms with E-state index in [1.54, 1.807) is 26.5 Å². The molecule has 0 bridgehead atoms. The second-order valence-corrected chi connectivity index (χ2v) is 6.58. The Hall–Kier alpha value is -2.66. The van der Waals surface area contributed by atoms with Crippen LogP contribution in [0.2, 0.25) is 0 Å². The molecule has 4 nitrogen and oxygen atoms in total. The Morgan fingerprint density at radius 3 is 2.62 bits per heavy atom. The predicted molar refractivity (Wildman–Crippen MR) is 99.1 cm³/mol. The Kier molecular flexibility index (Phi) is 4.47. The molecule has 2 heterocycles. The van der Waals surface area contributed by atoms with Gasteiger partial charge in [0.05, 0.1) is 19.7 Å². The van der Waals surface area contributed by atoms with Gasteiger partial charge in [0.2, 0.25) is 0 Å². The normalized spacial score (nSPS) is 14.3. The smallest absolute Gasteiger partial charge is 0.161 e. The molecule has 1 aliphatic heterocycles. The molecular formula is C21H21FN2O2. The zero-order valence-corrected chi connectivity index (χ0v) is 15.0. The van der Waals surface area contributed by atoms with Crippen molar-refractivity contribution in [1.29, 1.82) is 0 Å². The maximum Gasteiger partial charge on any atom is 0.161 e. The summed E-state index contributed by atoms with van der Waals surface area (Å²) in [6.45, 7) is 2.37. The summed E-state index contributed by atoms with van der Waals surface area (Å²) in [6.07, 6.45) is 2.68. The Labute approximate surface area is 152 Å². The van der Waals surface area contributed by atoms with Crippen molar-refractivity contribution in [3.8, 4) is 11.5 Å². The first-order chi connectivity index (χ1) is 12.7. The Morgan fingerprint density at radius 1 is 1.08 bits per heavy atom. The number of rotatable bonds is 4. The molecule has 5 heteroatoms. The fourth-order valence-electron chi connectivity index (χ4n) is 3.67. The van der Waals surface area contributed by atoms with Crippen LogP contribution in [0.4, 0.5) is 4.39 Å². The molecule has 0 saturated carbocycles. The zero-order chi connectivity index (χ0) is 18.1. The lowest BCUT2D eigenvalue weighted by molar-refractivity contribution is 0.244. The standard InChI is InChI=1S/C21H21FN2O2/c1-25-19-10-14-5-7-24(12-16(14)11-20(19)26-2)13-17-9-18(22)8-15-4-3-6-23-21(15)17/h3-4,6,8-11H,5,7,12-13H2,1-2H3. The van der Waals surface area contributed by atoms with E-state index < -0.39 is 0 Å². The second-order valence-electron chi connectivity index (χ2n) is 6.58. The minimum absolute atomic E-state index is 0.218. The molecule has 0 N–H and O–H groups in total. The molecule has 0 atom stereocenters. The predicted octanol–water partition coefficient (Wildman–Crippen LogP) is 3.95. The van der Waals surface area contributed by atoms with Gasteiger partial charge in [0.25, 0.3) is 0 Å². The van der Waals surface area contributed by atoms with Crippen molar-refractivity contribution in [3.05, 3.63) is 65.1 Å². The van der Waals surface area contributed by atoms with Gasteiger partial charge >= 0.3 is 0 Å². The van der Waals surface area contributed by atoms with Gasteiger partial charge in [-0.3, -0.25) is 9.88 Å². The summed E-state index contributed by atoms with van der Waals surface area (Å²) in [5.41, 5.74) is 4.29. The molecule has 0 saturated heterocycles. The first-order valence-corrected chi connectivity index (χ1v) is 8.67. The summed E-state index contributed by atoms with van der Waals surface area (Å²) in [4.78, 5) is 6.77. The highest BCUT2D eigenvalue weighted by molar-refractivity contribution is 5.81. The van der Waals surface area contributed by atoms with Gasteiger partial charge in [0.15, 0.2) is 11.5 Å². The average molecular weight is 352 g/mol. The molecule has 4 rings (SSSR count). The number of ether oxygens (including phenoxy) is 2. The number of fused-ring (bicyclic) bond motifs is 2. The summed E-state index contributed by atoms with van der Waals surface area (Å²) in [5, 5.41) is 0.839. The number of hydrogen-bond donors (Lipinski definition) is 0. The molecule has 0 radical (unpaired) electrons.